The number of rotatable bonds is 12. The van der Waals surface area contributed by atoms with Gasteiger partial charge in [-0.05, 0) is 36.3 Å². The molecule has 0 fully saturated rings. The van der Waals surface area contributed by atoms with Crippen molar-refractivity contribution in [3.8, 4) is 17.5 Å². The molecule has 0 bridgehead atoms. The van der Waals surface area contributed by atoms with E-state index >= 15 is 0 Å². The number of benzene rings is 1. The van der Waals surface area contributed by atoms with Crippen LogP contribution in [0.4, 0.5) is 0 Å². The number of hydrogen-bond acceptors (Lipinski definition) is 4. The number of aliphatic hydroxyl groups is 1. The lowest BCUT2D eigenvalue weighted by molar-refractivity contribution is 0.146. The van der Waals surface area contributed by atoms with Gasteiger partial charge in [0.05, 0.1) is 11.6 Å². The average Bonchev–Trinajstić information content (AvgIpc) is 2.71. The molecule has 160 valence electrons. The molecule has 1 aromatic carbocycles. The molecule has 5 heteroatoms. The molecule has 0 saturated heterocycles. The van der Waals surface area contributed by atoms with E-state index in [1.165, 1.54) is 18.6 Å². The Bertz CT molecular complexity index is 697. The van der Waals surface area contributed by atoms with Crippen molar-refractivity contribution in [2.45, 2.75) is 76.4 Å². The van der Waals surface area contributed by atoms with Crippen LogP contribution in [0.5, 0.6) is 0 Å². The van der Waals surface area contributed by atoms with Crippen LogP contribution >= 0.6 is 23.5 Å². The second-order valence-electron chi connectivity index (χ2n) is 8.44. The van der Waals surface area contributed by atoms with E-state index in [9.17, 15) is 5.11 Å². The van der Waals surface area contributed by atoms with Crippen molar-refractivity contribution < 1.29 is 5.11 Å². The second-order valence-corrected chi connectivity index (χ2v) is 15.8. The Labute approximate surface area is 188 Å². The summed E-state index contributed by atoms with van der Waals surface area (Å²) in [6.07, 6.45) is 4.86. The van der Waals surface area contributed by atoms with Gasteiger partial charge in [0.2, 0.25) is 0 Å². The molecule has 0 amide bonds. The molecule has 0 aliphatic carbocycles. The van der Waals surface area contributed by atoms with Gasteiger partial charge in [-0.25, -0.2) is 0 Å². The van der Waals surface area contributed by atoms with Crippen molar-refractivity contribution in [1.29, 1.82) is 5.26 Å². The predicted molar refractivity (Wildman–Crippen MR) is 134 cm³/mol. The van der Waals surface area contributed by atoms with Crippen LogP contribution in [0.15, 0.2) is 24.3 Å². The molecule has 1 rings (SSSR count). The average molecular weight is 448 g/mol. The normalized spacial score (nSPS) is 14.4. The second kappa shape index (κ2) is 13.4. The fraction of sp³-hybridized carbons (Fsp3) is 0.625. The highest BCUT2D eigenvalue weighted by Gasteiger charge is 2.37. The monoisotopic (exact) mass is 447 g/mol. The maximum atomic E-state index is 11.5. The van der Waals surface area contributed by atoms with E-state index in [-0.39, 0.29) is 0 Å². The van der Waals surface area contributed by atoms with Crippen molar-refractivity contribution in [3.63, 3.8) is 0 Å². The van der Waals surface area contributed by atoms with Gasteiger partial charge in [0.25, 0.3) is 0 Å². The van der Waals surface area contributed by atoms with E-state index in [0.29, 0.717) is 5.56 Å². The number of aliphatic hydroxyl groups excluding tert-OH is 1. The van der Waals surface area contributed by atoms with E-state index < -0.39 is 18.9 Å². The third kappa shape index (κ3) is 9.66. The van der Waals surface area contributed by atoms with Crippen LogP contribution in [0.25, 0.3) is 0 Å². The standard InChI is InChI=1S/C24H37NOS2Si/c1-6-8-14-24(15-19-29(3,4)5,28-18-17-27-16-9-7-2)23(26)22-12-10-21(20-25)11-13-22/h10-13,23,26H,6-9,14,16-18H2,1-5H3/t23-,24-/m1/s1. The van der Waals surface area contributed by atoms with Crippen molar-refractivity contribution in [2.24, 2.45) is 0 Å². The summed E-state index contributed by atoms with van der Waals surface area (Å²) < 4.78 is -0.490. The zero-order chi connectivity index (χ0) is 21.8. The molecule has 0 aliphatic rings. The largest absolute Gasteiger partial charge is 0.386 e. The summed E-state index contributed by atoms with van der Waals surface area (Å²) in [5.74, 6) is 6.88. The van der Waals surface area contributed by atoms with Gasteiger partial charge < -0.3 is 5.11 Å². The maximum Gasteiger partial charge on any atom is 0.129 e. The first-order chi connectivity index (χ1) is 13.8. The van der Waals surface area contributed by atoms with Gasteiger partial charge in [0, 0.05) is 11.5 Å². The molecule has 0 spiro atoms. The first-order valence-electron chi connectivity index (χ1n) is 10.7. The number of nitrogens with zero attached hydrogens (tertiary/aromatic N) is 1. The molecular weight excluding hydrogens is 410 g/mol. The maximum absolute atomic E-state index is 11.5. The van der Waals surface area contributed by atoms with Crippen LogP contribution < -0.4 is 0 Å². The first-order valence-corrected chi connectivity index (χ1v) is 16.4. The molecule has 0 saturated carbocycles. The molecule has 0 radical (unpaired) electrons. The smallest absolute Gasteiger partial charge is 0.129 e. The van der Waals surface area contributed by atoms with Gasteiger partial charge in [-0.15, -0.1) is 17.3 Å². The lowest BCUT2D eigenvalue weighted by Crippen LogP contribution is -2.33. The van der Waals surface area contributed by atoms with Gasteiger partial charge in [0.1, 0.15) is 18.9 Å². The van der Waals surface area contributed by atoms with Gasteiger partial charge >= 0.3 is 0 Å². The molecule has 0 aromatic heterocycles. The summed E-state index contributed by atoms with van der Waals surface area (Å²) in [6.45, 7) is 11.2. The SMILES string of the molecule is CCCCSCCS[C@@](C#C[Si](C)(C)C)(CCCC)[C@H](O)c1ccc(C#N)cc1. The molecule has 29 heavy (non-hydrogen) atoms. The summed E-state index contributed by atoms with van der Waals surface area (Å²) in [5.41, 5.74) is 5.03. The molecule has 2 nitrogen and oxygen atoms in total. The van der Waals surface area contributed by atoms with E-state index in [1.54, 1.807) is 12.1 Å². The zero-order valence-corrected chi connectivity index (χ0v) is 21.4. The molecule has 1 aromatic rings. The number of thioether (sulfide) groups is 2. The Morgan fingerprint density at radius 3 is 2.24 bits per heavy atom. The van der Waals surface area contributed by atoms with Crippen LogP contribution in [-0.2, 0) is 0 Å². The summed E-state index contributed by atoms with van der Waals surface area (Å²) in [7, 11) is -1.57. The lowest BCUT2D eigenvalue weighted by Gasteiger charge is -2.34. The first kappa shape index (κ1) is 26.2. The van der Waals surface area contributed by atoms with Crippen LogP contribution in [0.3, 0.4) is 0 Å². The summed E-state index contributed by atoms with van der Waals surface area (Å²) in [6, 6.07) is 9.51. The topological polar surface area (TPSA) is 44.0 Å². The number of unbranched alkanes of at least 4 members (excludes halogenated alkanes) is 2. The third-order valence-corrected chi connectivity index (χ3v) is 8.23. The van der Waals surface area contributed by atoms with Crippen LogP contribution in [0.1, 0.15) is 63.2 Å². The van der Waals surface area contributed by atoms with Crippen LogP contribution in [0.2, 0.25) is 19.6 Å². The summed E-state index contributed by atoms with van der Waals surface area (Å²) in [5, 5.41) is 20.5. The number of hydrogen-bond donors (Lipinski definition) is 1. The fourth-order valence-corrected chi connectivity index (χ4v) is 6.09. The zero-order valence-electron chi connectivity index (χ0n) is 18.8. The quantitative estimate of drug-likeness (QED) is 0.221. The van der Waals surface area contributed by atoms with E-state index in [4.69, 9.17) is 5.26 Å². The van der Waals surface area contributed by atoms with Crippen LogP contribution in [0, 0.1) is 22.8 Å². The minimum absolute atomic E-state index is 0.490. The Kier molecular flexibility index (Phi) is 12.1. The fourth-order valence-electron chi connectivity index (χ4n) is 2.83. The van der Waals surface area contributed by atoms with Crippen molar-refractivity contribution in [1.82, 2.24) is 0 Å². The summed E-state index contributed by atoms with van der Waals surface area (Å²) in [4.78, 5) is 0. The molecule has 0 aliphatic heterocycles. The highest BCUT2D eigenvalue weighted by Crippen LogP contribution is 2.42. The van der Waals surface area contributed by atoms with Crippen molar-refractivity contribution in [3.05, 3.63) is 35.4 Å². The molecular formula is C24H37NOS2Si. The van der Waals surface area contributed by atoms with Gasteiger partial charge in [-0.2, -0.15) is 17.0 Å². The van der Waals surface area contributed by atoms with Gasteiger partial charge in [-0.3, -0.25) is 0 Å². The Balaban J connectivity index is 3.14. The minimum atomic E-state index is -1.57. The highest BCUT2D eigenvalue weighted by molar-refractivity contribution is 8.03. The Hall–Kier alpha value is -0.853. The van der Waals surface area contributed by atoms with Crippen molar-refractivity contribution >= 4 is 31.6 Å². The van der Waals surface area contributed by atoms with E-state index in [2.05, 4.69) is 51.0 Å². The van der Waals surface area contributed by atoms with E-state index in [0.717, 1.165) is 36.3 Å². The molecule has 0 heterocycles. The van der Waals surface area contributed by atoms with Crippen LogP contribution in [-0.4, -0.2) is 35.2 Å². The Morgan fingerprint density at radius 1 is 1.03 bits per heavy atom. The minimum Gasteiger partial charge on any atom is -0.386 e. The highest BCUT2D eigenvalue weighted by atomic mass is 32.2. The third-order valence-electron chi connectivity index (χ3n) is 4.58. The molecule has 1 N–H and O–H groups in total. The lowest BCUT2D eigenvalue weighted by atomic mass is 9.90. The molecule has 0 unspecified atom stereocenters. The predicted octanol–water partition coefficient (Wildman–Crippen LogP) is 6.67. The molecule has 2 atom stereocenters. The van der Waals surface area contributed by atoms with Gasteiger partial charge in [0.15, 0.2) is 0 Å². The van der Waals surface area contributed by atoms with E-state index in [1.807, 2.05) is 35.7 Å². The van der Waals surface area contributed by atoms with Crippen molar-refractivity contribution in [2.75, 3.05) is 17.3 Å². The number of nitriles is 1. The summed E-state index contributed by atoms with van der Waals surface area (Å²) >= 11 is 3.83. The Morgan fingerprint density at radius 2 is 1.69 bits per heavy atom. The van der Waals surface area contributed by atoms with Gasteiger partial charge in [-0.1, -0.05) is 70.8 Å².